The molecule has 0 bridgehead atoms. The molecule has 0 radical (unpaired) electrons. The highest BCUT2D eigenvalue weighted by atomic mass is 16.5. The molecule has 4 heteroatoms. The van der Waals surface area contributed by atoms with E-state index >= 15 is 0 Å². The standard InChI is InChI=1S/C18H23NO3/c20-15(12-21-13-16-7-4-10-22-16)11-19-18-9-3-6-14-5-1-2-8-17(14)18/h1-2,4-5,7-8,10,15,18-20H,3,6,9,11-13H2/p+1/t15-,18+/m1/s1. The van der Waals surface area contributed by atoms with E-state index in [1.807, 2.05) is 12.1 Å². The number of aliphatic hydroxyl groups excluding tert-OH is 1. The molecule has 0 saturated heterocycles. The van der Waals surface area contributed by atoms with E-state index in [9.17, 15) is 5.11 Å². The van der Waals surface area contributed by atoms with Crippen molar-refractivity contribution in [3.05, 3.63) is 59.5 Å². The Hall–Kier alpha value is -1.62. The molecule has 0 saturated carbocycles. The van der Waals surface area contributed by atoms with Crippen LogP contribution in [0.4, 0.5) is 0 Å². The lowest BCUT2D eigenvalue weighted by Gasteiger charge is -2.24. The summed E-state index contributed by atoms with van der Waals surface area (Å²) in [5.74, 6) is 0.789. The topological polar surface area (TPSA) is 59.2 Å². The third kappa shape index (κ3) is 3.97. The highest BCUT2D eigenvalue weighted by Gasteiger charge is 2.23. The second kappa shape index (κ2) is 7.58. The SMILES string of the molecule is O[C@H](C[NH2+][C@H]1CCCc2ccccc21)COCc1ccco1. The molecular formula is C18H24NO3+. The largest absolute Gasteiger partial charge is 0.467 e. The first-order valence-corrected chi connectivity index (χ1v) is 8.02. The summed E-state index contributed by atoms with van der Waals surface area (Å²) in [6.45, 7) is 1.42. The van der Waals surface area contributed by atoms with Gasteiger partial charge in [-0.1, -0.05) is 24.3 Å². The van der Waals surface area contributed by atoms with Gasteiger partial charge in [-0.2, -0.15) is 0 Å². The van der Waals surface area contributed by atoms with Crippen LogP contribution in [0, 0.1) is 0 Å². The Morgan fingerprint density at radius 3 is 3.05 bits per heavy atom. The van der Waals surface area contributed by atoms with Gasteiger partial charge in [0.2, 0.25) is 0 Å². The van der Waals surface area contributed by atoms with Crippen LogP contribution in [0.2, 0.25) is 0 Å². The van der Waals surface area contributed by atoms with Gasteiger partial charge in [0.1, 0.15) is 31.1 Å². The predicted octanol–water partition coefficient (Wildman–Crippen LogP) is 1.80. The number of quaternary nitrogens is 1. The molecule has 4 nitrogen and oxygen atoms in total. The van der Waals surface area contributed by atoms with Crippen molar-refractivity contribution in [2.75, 3.05) is 13.2 Å². The molecule has 0 amide bonds. The first-order chi connectivity index (χ1) is 10.8. The Balaban J connectivity index is 1.42. The summed E-state index contributed by atoms with van der Waals surface area (Å²) in [6.07, 6.45) is 4.75. The number of aliphatic hydroxyl groups is 1. The molecule has 0 spiro atoms. The number of furan rings is 1. The Morgan fingerprint density at radius 1 is 1.27 bits per heavy atom. The van der Waals surface area contributed by atoms with E-state index in [4.69, 9.17) is 9.15 Å². The fraction of sp³-hybridized carbons (Fsp3) is 0.444. The van der Waals surface area contributed by atoms with E-state index in [2.05, 4.69) is 29.6 Å². The molecule has 118 valence electrons. The highest BCUT2D eigenvalue weighted by molar-refractivity contribution is 5.30. The molecule has 2 atom stereocenters. The number of fused-ring (bicyclic) bond motifs is 1. The maximum Gasteiger partial charge on any atom is 0.129 e. The Labute approximate surface area is 131 Å². The van der Waals surface area contributed by atoms with Gasteiger partial charge in [-0.05, 0) is 30.5 Å². The lowest BCUT2D eigenvalue weighted by molar-refractivity contribution is -0.703. The fourth-order valence-electron chi connectivity index (χ4n) is 3.12. The lowest BCUT2D eigenvalue weighted by atomic mass is 9.88. The molecule has 0 fully saturated rings. The van der Waals surface area contributed by atoms with Crippen LogP contribution in [0.15, 0.2) is 47.1 Å². The van der Waals surface area contributed by atoms with Crippen LogP contribution in [0.3, 0.4) is 0 Å². The van der Waals surface area contributed by atoms with E-state index in [-0.39, 0.29) is 0 Å². The van der Waals surface area contributed by atoms with Crippen molar-refractivity contribution in [1.29, 1.82) is 0 Å². The third-order valence-corrected chi connectivity index (χ3v) is 4.24. The third-order valence-electron chi connectivity index (χ3n) is 4.24. The number of aryl methyl sites for hydroxylation is 1. The maximum atomic E-state index is 10.1. The first kappa shape index (κ1) is 15.3. The Bertz CT molecular complexity index is 567. The molecule has 1 aromatic heterocycles. The Kier molecular flexibility index (Phi) is 5.27. The minimum atomic E-state index is -0.455. The van der Waals surface area contributed by atoms with Gasteiger partial charge in [0.05, 0.1) is 12.9 Å². The summed E-state index contributed by atoms with van der Waals surface area (Å²) in [7, 11) is 0. The van der Waals surface area contributed by atoms with Crippen molar-refractivity contribution in [1.82, 2.24) is 0 Å². The molecule has 2 aromatic rings. The fourth-order valence-corrected chi connectivity index (χ4v) is 3.12. The average Bonchev–Trinajstić information content (AvgIpc) is 3.06. The van der Waals surface area contributed by atoms with Gasteiger partial charge >= 0.3 is 0 Å². The molecule has 22 heavy (non-hydrogen) atoms. The predicted molar refractivity (Wildman–Crippen MR) is 83.3 cm³/mol. The smallest absolute Gasteiger partial charge is 0.129 e. The number of hydrogen-bond acceptors (Lipinski definition) is 3. The summed E-state index contributed by atoms with van der Waals surface area (Å²) in [5.41, 5.74) is 2.89. The summed E-state index contributed by atoms with van der Waals surface area (Å²) in [5, 5.41) is 12.3. The van der Waals surface area contributed by atoms with Crippen molar-refractivity contribution in [2.45, 2.75) is 38.0 Å². The summed E-state index contributed by atoms with van der Waals surface area (Å²) in [4.78, 5) is 0. The van der Waals surface area contributed by atoms with E-state index in [1.165, 1.54) is 30.4 Å². The molecule has 1 heterocycles. The van der Waals surface area contributed by atoms with E-state index in [0.717, 1.165) is 5.76 Å². The van der Waals surface area contributed by atoms with Crippen molar-refractivity contribution in [3.63, 3.8) is 0 Å². The maximum absolute atomic E-state index is 10.1. The summed E-state index contributed by atoms with van der Waals surface area (Å²) >= 11 is 0. The van der Waals surface area contributed by atoms with E-state index < -0.39 is 6.10 Å². The monoisotopic (exact) mass is 302 g/mol. The minimum absolute atomic E-state index is 0.339. The van der Waals surface area contributed by atoms with Gasteiger partial charge < -0.3 is 19.6 Å². The van der Waals surface area contributed by atoms with E-state index in [0.29, 0.717) is 25.8 Å². The zero-order chi connectivity index (χ0) is 15.2. The van der Waals surface area contributed by atoms with Crippen molar-refractivity contribution in [3.8, 4) is 0 Å². The molecule has 1 aromatic carbocycles. The van der Waals surface area contributed by atoms with Gasteiger partial charge in [0.15, 0.2) is 0 Å². The molecule has 1 aliphatic rings. The zero-order valence-electron chi connectivity index (χ0n) is 12.8. The number of hydrogen-bond donors (Lipinski definition) is 2. The second-order valence-electron chi connectivity index (χ2n) is 5.92. The average molecular weight is 302 g/mol. The van der Waals surface area contributed by atoms with Crippen LogP contribution in [0.25, 0.3) is 0 Å². The molecule has 1 aliphatic carbocycles. The van der Waals surface area contributed by atoms with Gasteiger partial charge in [0.25, 0.3) is 0 Å². The normalized spacial score (nSPS) is 18.9. The van der Waals surface area contributed by atoms with Crippen LogP contribution in [0.1, 0.15) is 35.8 Å². The van der Waals surface area contributed by atoms with Gasteiger partial charge in [-0.25, -0.2) is 0 Å². The van der Waals surface area contributed by atoms with Crippen LogP contribution in [-0.4, -0.2) is 24.4 Å². The zero-order valence-corrected chi connectivity index (χ0v) is 12.8. The van der Waals surface area contributed by atoms with Gasteiger partial charge in [-0.15, -0.1) is 0 Å². The number of ether oxygens (including phenoxy) is 1. The van der Waals surface area contributed by atoms with Crippen molar-refractivity contribution >= 4 is 0 Å². The van der Waals surface area contributed by atoms with Gasteiger partial charge in [0, 0.05) is 12.0 Å². The van der Waals surface area contributed by atoms with Crippen LogP contribution < -0.4 is 5.32 Å². The molecule has 3 rings (SSSR count). The molecule has 0 unspecified atom stereocenters. The van der Waals surface area contributed by atoms with Crippen molar-refractivity contribution < 1.29 is 19.6 Å². The van der Waals surface area contributed by atoms with Crippen molar-refractivity contribution in [2.24, 2.45) is 0 Å². The molecule has 0 aliphatic heterocycles. The summed E-state index contributed by atoms with van der Waals surface area (Å²) in [6, 6.07) is 12.8. The Morgan fingerprint density at radius 2 is 2.18 bits per heavy atom. The number of nitrogens with two attached hydrogens (primary N) is 1. The highest BCUT2D eigenvalue weighted by Crippen LogP contribution is 2.26. The number of rotatable bonds is 7. The second-order valence-corrected chi connectivity index (χ2v) is 5.92. The summed E-state index contributed by atoms with van der Waals surface area (Å²) < 4.78 is 10.7. The lowest BCUT2D eigenvalue weighted by Crippen LogP contribution is -2.87. The molecule has 3 N–H and O–H groups in total. The van der Waals surface area contributed by atoms with E-state index in [1.54, 1.807) is 6.26 Å². The number of benzene rings is 1. The quantitative estimate of drug-likeness (QED) is 0.820. The van der Waals surface area contributed by atoms with Crippen LogP contribution in [0.5, 0.6) is 0 Å². The van der Waals surface area contributed by atoms with Crippen LogP contribution in [-0.2, 0) is 17.8 Å². The molecular weight excluding hydrogens is 278 g/mol. The van der Waals surface area contributed by atoms with Crippen LogP contribution >= 0.6 is 0 Å². The van der Waals surface area contributed by atoms with Gasteiger partial charge in [-0.3, -0.25) is 0 Å². The first-order valence-electron chi connectivity index (χ1n) is 8.02. The minimum Gasteiger partial charge on any atom is -0.467 e.